The van der Waals surface area contributed by atoms with Crippen molar-refractivity contribution in [3.8, 4) is 0 Å². The van der Waals surface area contributed by atoms with Crippen LogP contribution in [0.3, 0.4) is 0 Å². The SMILES string of the molecule is CCc1nc(C)sc1C(=O)N1C[C@@H](CN(C)CCO)[C@@H](CO)C1. The lowest BCUT2D eigenvalue weighted by Gasteiger charge is -2.23. The molecule has 23 heavy (non-hydrogen) atoms. The monoisotopic (exact) mass is 341 g/mol. The summed E-state index contributed by atoms with van der Waals surface area (Å²) in [5, 5.41) is 19.6. The molecule has 1 fully saturated rings. The number of likely N-dealkylation sites (N-methyl/N-ethyl adjacent to an activating group) is 1. The third-order valence-electron chi connectivity index (χ3n) is 4.46. The minimum Gasteiger partial charge on any atom is -0.396 e. The first-order chi connectivity index (χ1) is 11.0. The molecule has 2 atom stereocenters. The molecule has 1 aliphatic rings. The van der Waals surface area contributed by atoms with E-state index in [4.69, 9.17) is 5.11 Å². The van der Waals surface area contributed by atoms with Crippen molar-refractivity contribution in [2.45, 2.75) is 20.3 Å². The largest absolute Gasteiger partial charge is 0.396 e. The van der Waals surface area contributed by atoms with E-state index in [0.717, 1.165) is 28.5 Å². The Morgan fingerprint density at radius 1 is 1.39 bits per heavy atom. The van der Waals surface area contributed by atoms with Crippen molar-refractivity contribution >= 4 is 17.2 Å². The third-order valence-corrected chi connectivity index (χ3v) is 5.46. The molecule has 1 aliphatic heterocycles. The number of nitrogens with zero attached hydrogens (tertiary/aromatic N) is 3. The Kier molecular flexibility index (Phi) is 6.52. The number of thiazole rings is 1. The number of aryl methyl sites for hydroxylation is 2. The number of aromatic nitrogens is 1. The van der Waals surface area contributed by atoms with Gasteiger partial charge < -0.3 is 20.0 Å². The summed E-state index contributed by atoms with van der Waals surface area (Å²) in [7, 11) is 1.96. The second-order valence-electron chi connectivity index (χ2n) is 6.26. The van der Waals surface area contributed by atoms with E-state index in [-0.39, 0.29) is 31.0 Å². The summed E-state index contributed by atoms with van der Waals surface area (Å²) in [5.41, 5.74) is 0.874. The Morgan fingerprint density at radius 2 is 2.09 bits per heavy atom. The van der Waals surface area contributed by atoms with Gasteiger partial charge in [-0.05, 0) is 26.3 Å². The van der Waals surface area contributed by atoms with E-state index in [1.54, 1.807) is 0 Å². The molecule has 130 valence electrons. The Bertz CT molecular complexity index is 535. The highest BCUT2D eigenvalue weighted by molar-refractivity contribution is 7.13. The van der Waals surface area contributed by atoms with Crippen LogP contribution in [0.15, 0.2) is 0 Å². The molecule has 1 saturated heterocycles. The summed E-state index contributed by atoms with van der Waals surface area (Å²) in [6.45, 7) is 6.77. The number of carbonyl (C=O) groups excluding carboxylic acids is 1. The van der Waals surface area contributed by atoms with Crippen LogP contribution >= 0.6 is 11.3 Å². The quantitative estimate of drug-likeness (QED) is 0.760. The summed E-state index contributed by atoms with van der Waals surface area (Å²) in [6, 6.07) is 0. The van der Waals surface area contributed by atoms with Crippen molar-refractivity contribution in [3.05, 3.63) is 15.6 Å². The van der Waals surface area contributed by atoms with Crippen molar-refractivity contribution in [3.63, 3.8) is 0 Å². The van der Waals surface area contributed by atoms with Crippen LogP contribution in [-0.4, -0.2) is 77.3 Å². The number of carbonyl (C=O) groups is 1. The standard InChI is InChI=1S/C16H27N3O3S/c1-4-14-15(23-11(2)17-14)16(22)19-8-12(13(9-19)10-21)7-18(3)5-6-20/h12-13,20-21H,4-10H2,1-3H3/t12-,13-/m1/s1. The second-order valence-corrected chi connectivity index (χ2v) is 7.46. The van der Waals surface area contributed by atoms with Crippen LogP contribution in [0.5, 0.6) is 0 Å². The zero-order valence-electron chi connectivity index (χ0n) is 14.2. The van der Waals surface area contributed by atoms with Crippen LogP contribution in [0, 0.1) is 18.8 Å². The maximum atomic E-state index is 12.8. The minimum atomic E-state index is 0.0400. The number of aliphatic hydroxyl groups is 2. The van der Waals surface area contributed by atoms with Gasteiger partial charge >= 0.3 is 0 Å². The van der Waals surface area contributed by atoms with Crippen LogP contribution in [0.25, 0.3) is 0 Å². The van der Waals surface area contributed by atoms with Crippen molar-refractivity contribution in [2.24, 2.45) is 11.8 Å². The highest BCUT2D eigenvalue weighted by Crippen LogP contribution is 2.28. The van der Waals surface area contributed by atoms with Gasteiger partial charge in [-0.3, -0.25) is 4.79 Å². The molecule has 6 nitrogen and oxygen atoms in total. The molecule has 0 saturated carbocycles. The van der Waals surface area contributed by atoms with Crippen molar-refractivity contribution in [2.75, 3.05) is 46.4 Å². The number of likely N-dealkylation sites (tertiary alicyclic amines) is 1. The first kappa shape index (κ1) is 18.3. The van der Waals surface area contributed by atoms with E-state index in [0.29, 0.717) is 19.6 Å². The van der Waals surface area contributed by atoms with Gasteiger partial charge in [-0.2, -0.15) is 0 Å². The van der Waals surface area contributed by atoms with Gasteiger partial charge in [0.1, 0.15) is 4.88 Å². The van der Waals surface area contributed by atoms with Gasteiger partial charge in [0.25, 0.3) is 5.91 Å². The Hall–Kier alpha value is -1.02. The molecule has 0 aromatic carbocycles. The van der Waals surface area contributed by atoms with E-state index in [2.05, 4.69) is 9.88 Å². The smallest absolute Gasteiger partial charge is 0.265 e. The lowest BCUT2D eigenvalue weighted by molar-refractivity contribution is 0.0782. The minimum absolute atomic E-state index is 0.0400. The fourth-order valence-electron chi connectivity index (χ4n) is 3.20. The van der Waals surface area contributed by atoms with Crippen molar-refractivity contribution in [1.82, 2.24) is 14.8 Å². The van der Waals surface area contributed by atoms with Gasteiger partial charge in [-0.15, -0.1) is 11.3 Å². The highest BCUT2D eigenvalue weighted by Gasteiger charge is 2.36. The maximum absolute atomic E-state index is 12.8. The molecule has 7 heteroatoms. The topological polar surface area (TPSA) is 76.9 Å². The molecular weight excluding hydrogens is 314 g/mol. The zero-order valence-corrected chi connectivity index (χ0v) is 15.0. The Morgan fingerprint density at radius 3 is 2.70 bits per heavy atom. The predicted octanol–water partition coefficient (Wildman–Crippen LogP) is 0.619. The second kappa shape index (κ2) is 8.19. The van der Waals surface area contributed by atoms with Crippen LogP contribution in [0.2, 0.25) is 0 Å². The molecule has 2 rings (SSSR count). The molecule has 1 aromatic rings. The molecule has 1 aromatic heterocycles. The van der Waals surface area contributed by atoms with Crippen LogP contribution in [0.4, 0.5) is 0 Å². The molecule has 1 amide bonds. The predicted molar refractivity (Wildman–Crippen MR) is 90.8 cm³/mol. The summed E-state index contributed by atoms with van der Waals surface area (Å²) >= 11 is 1.46. The van der Waals surface area contributed by atoms with E-state index >= 15 is 0 Å². The van der Waals surface area contributed by atoms with Gasteiger partial charge in [0.2, 0.25) is 0 Å². The maximum Gasteiger partial charge on any atom is 0.265 e. The van der Waals surface area contributed by atoms with Crippen molar-refractivity contribution in [1.29, 1.82) is 0 Å². The number of hydrogen-bond donors (Lipinski definition) is 2. The van der Waals surface area contributed by atoms with Gasteiger partial charge in [0.05, 0.1) is 17.3 Å². The first-order valence-corrected chi connectivity index (χ1v) is 8.97. The molecule has 2 N–H and O–H groups in total. The van der Waals surface area contributed by atoms with E-state index in [1.165, 1.54) is 11.3 Å². The lowest BCUT2D eigenvalue weighted by atomic mass is 9.96. The van der Waals surface area contributed by atoms with Crippen LogP contribution < -0.4 is 0 Å². The Labute approximate surface area is 141 Å². The third kappa shape index (κ3) is 4.29. The molecule has 0 unspecified atom stereocenters. The van der Waals surface area contributed by atoms with E-state index < -0.39 is 0 Å². The molecular formula is C16H27N3O3S. The Balaban J connectivity index is 2.07. The fourth-order valence-corrected chi connectivity index (χ4v) is 4.18. The average Bonchev–Trinajstić information content (AvgIpc) is 3.09. The van der Waals surface area contributed by atoms with E-state index in [1.807, 2.05) is 25.8 Å². The highest BCUT2D eigenvalue weighted by atomic mass is 32.1. The van der Waals surface area contributed by atoms with Crippen molar-refractivity contribution < 1.29 is 15.0 Å². The molecule has 0 bridgehead atoms. The van der Waals surface area contributed by atoms with Gasteiger partial charge in [0, 0.05) is 38.7 Å². The number of aliphatic hydroxyl groups excluding tert-OH is 2. The summed E-state index contributed by atoms with van der Waals surface area (Å²) < 4.78 is 0. The van der Waals surface area contributed by atoms with Crippen LogP contribution in [0.1, 0.15) is 27.3 Å². The number of hydrogen-bond acceptors (Lipinski definition) is 6. The van der Waals surface area contributed by atoms with E-state index in [9.17, 15) is 9.90 Å². The molecule has 0 spiro atoms. The number of amides is 1. The van der Waals surface area contributed by atoms with Gasteiger partial charge in [-0.1, -0.05) is 6.92 Å². The molecule has 2 heterocycles. The summed E-state index contributed by atoms with van der Waals surface area (Å²) in [4.78, 5) is 21.9. The molecule has 0 aliphatic carbocycles. The number of rotatable bonds is 7. The molecule has 0 radical (unpaired) electrons. The van der Waals surface area contributed by atoms with Gasteiger partial charge in [-0.25, -0.2) is 4.98 Å². The fraction of sp³-hybridized carbons (Fsp3) is 0.750. The lowest BCUT2D eigenvalue weighted by Crippen LogP contribution is -2.33. The normalized spacial score (nSPS) is 21.4. The average molecular weight is 341 g/mol. The van der Waals surface area contributed by atoms with Gasteiger partial charge in [0.15, 0.2) is 0 Å². The van der Waals surface area contributed by atoms with Crippen LogP contribution in [-0.2, 0) is 6.42 Å². The first-order valence-electron chi connectivity index (χ1n) is 8.15. The summed E-state index contributed by atoms with van der Waals surface area (Å²) in [6.07, 6.45) is 0.755. The zero-order chi connectivity index (χ0) is 17.0. The summed E-state index contributed by atoms with van der Waals surface area (Å²) in [5.74, 6) is 0.372.